The van der Waals surface area contributed by atoms with E-state index in [2.05, 4.69) is 4.72 Å². The Balaban J connectivity index is 2.19. The zero-order chi connectivity index (χ0) is 14.2. The van der Waals surface area contributed by atoms with Crippen LogP contribution >= 0.6 is 0 Å². The van der Waals surface area contributed by atoms with Gasteiger partial charge in [-0.2, -0.15) is 0 Å². The van der Waals surface area contributed by atoms with Crippen LogP contribution in [0.2, 0.25) is 0 Å². The van der Waals surface area contributed by atoms with Gasteiger partial charge in [-0.3, -0.25) is 4.79 Å². The monoisotopic (exact) mass is 286 g/mol. The highest BCUT2D eigenvalue weighted by Crippen LogP contribution is 2.16. The van der Waals surface area contributed by atoms with Gasteiger partial charge in [-0.05, 0) is 30.7 Å². The van der Waals surface area contributed by atoms with E-state index in [1.165, 1.54) is 24.0 Å². The Bertz CT molecular complexity index is 615. The fraction of sp³-hybridized carbons (Fsp3) is 0.417. The van der Waals surface area contributed by atoms with Gasteiger partial charge in [-0.1, -0.05) is 0 Å². The maximum atomic E-state index is 13.1. The average molecular weight is 286 g/mol. The Kier molecular flexibility index (Phi) is 3.60. The predicted octanol–water partition coefficient (Wildman–Crippen LogP) is 0.643. The molecule has 2 rings (SSSR count). The van der Waals surface area contributed by atoms with Crippen LogP contribution in [-0.4, -0.2) is 38.9 Å². The molecule has 1 fully saturated rings. The molecule has 1 aliphatic rings. The Hall–Kier alpha value is -1.47. The minimum Gasteiger partial charge on any atom is -0.344 e. The SMILES string of the molecule is Cc1cc(S(=O)(=O)NC2CC(=O)N(C)C2)ccc1F. The highest BCUT2D eigenvalue weighted by atomic mass is 32.2. The molecule has 1 atom stereocenters. The fourth-order valence-electron chi connectivity index (χ4n) is 2.01. The first-order chi connectivity index (χ1) is 8.79. The maximum Gasteiger partial charge on any atom is 0.240 e. The van der Waals surface area contributed by atoms with Crippen molar-refractivity contribution in [2.75, 3.05) is 13.6 Å². The van der Waals surface area contributed by atoms with Crippen molar-refractivity contribution in [3.8, 4) is 0 Å². The number of nitrogens with zero attached hydrogens (tertiary/aromatic N) is 1. The van der Waals surface area contributed by atoms with E-state index in [1.54, 1.807) is 7.05 Å². The van der Waals surface area contributed by atoms with Crippen molar-refractivity contribution < 1.29 is 17.6 Å². The van der Waals surface area contributed by atoms with E-state index in [0.29, 0.717) is 6.54 Å². The number of carbonyl (C=O) groups excluding carboxylic acids is 1. The third kappa shape index (κ3) is 2.93. The minimum atomic E-state index is -3.73. The average Bonchev–Trinajstić information content (AvgIpc) is 2.60. The van der Waals surface area contributed by atoms with E-state index in [0.717, 1.165) is 6.07 Å². The Morgan fingerprint density at radius 2 is 2.11 bits per heavy atom. The summed E-state index contributed by atoms with van der Waals surface area (Å²) in [5.41, 5.74) is 0.266. The number of sulfonamides is 1. The molecule has 1 aromatic rings. The third-order valence-corrected chi connectivity index (χ3v) is 4.62. The number of halogens is 1. The van der Waals surface area contributed by atoms with E-state index in [9.17, 15) is 17.6 Å². The number of nitrogens with one attached hydrogen (secondary N) is 1. The third-order valence-electron chi connectivity index (χ3n) is 3.10. The summed E-state index contributed by atoms with van der Waals surface area (Å²) < 4.78 is 39.8. The van der Waals surface area contributed by atoms with Crippen LogP contribution in [0.25, 0.3) is 0 Å². The smallest absolute Gasteiger partial charge is 0.240 e. The van der Waals surface area contributed by atoms with Crippen LogP contribution in [-0.2, 0) is 14.8 Å². The molecule has 1 amide bonds. The van der Waals surface area contributed by atoms with Gasteiger partial charge in [-0.15, -0.1) is 0 Å². The number of likely N-dealkylation sites (tertiary alicyclic amines) is 1. The molecule has 1 N–H and O–H groups in total. The molecule has 0 aliphatic carbocycles. The van der Waals surface area contributed by atoms with Crippen molar-refractivity contribution in [3.05, 3.63) is 29.6 Å². The van der Waals surface area contributed by atoms with E-state index in [4.69, 9.17) is 0 Å². The van der Waals surface area contributed by atoms with Gasteiger partial charge in [0.25, 0.3) is 0 Å². The van der Waals surface area contributed by atoms with Gasteiger partial charge in [0.1, 0.15) is 5.82 Å². The number of aryl methyl sites for hydroxylation is 1. The van der Waals surface area contributed by atoms with Crippen molar-refractivity contribution in [3.63, 3.8) is 0 Å². The number of hydrogen-bond acceptors (Lipinski definition) is 3. The predicted molar refractivity (Wildman–Crippen MR) is 67.5 cm³/mol. The molecule has 0 radical (unpaired) electrons. The summed E-state index contributed by atoms with van der Waals surface area (Å²) in [7, 11) is -2.10. The van der Waals surface area contributed by atoms with Gasteiger partial charge in [-0.25, -0.2) is 17.5 Å². The van der Waals surface area contributed by atoms with Crippen molar-refractivity contribution in [2.24, 2.45) is 0 Å². The van der Waals surface area contributed by atoms with E-state index in [1.807, 2.05) is 0 Å². The first-order valence-electron chi connectivity index (χ1n) is 5.82. The molecule has 1 saturated heterocycles. The number of hydrogen-bond donors (Lipinski definition) is 1. The molecule has 0 spiro atoms. The van der Waals surface area contributed by atoms with Crippen LogP contribution in [0.15, 0.2) is 23.1 Å². The fourth-order valence-corrected chi connectivity index (χ4v) is 3.33. The summed E-state index contributed by atoms with van der Waals surface area (Å²) in [6.07, 6.45) is 0.149. The molecular formula is C12H15FN2O3S. The van der Waals surface area contributed by atoms with Gasteiger partial charge in [0.2, 0.25) is 15.9 Å². The highest BCUT2D eigenvalue weighted by molar-refractivity contribution is 7.89. The van der Waals surface area contributed by atoms with Gasteiger partial charge in [0.15, 0.2) is 0 Å². The second-order valence-electron chi connectivity index (χ2n) is 4.71. The summed E-state index contributed by atoms with van der Waals surface area (Å²) in [4.78, 5) is 12.8. The Labute approximate surface area is 111 Å². The summed E-state index contributed by atoms with van der Waals surface area (Å²) in [6.45, 7) is 1.85. The minimum absolute atomic E-state index is 0.00778. The second-order valence-corrected chi connectivity index (χ2v) is 6.42. The number of benzene rings is 1. The molecule has 1 unspecified atom stereocenters. The zero-order valence-electron chi connectivity index (χ0n) is 10.7. The summed E-state index contributed by atoms with van der Waals surface area (Å²) in [6, 6.07) is 3.17. The molecular weight excluding hydrogens is 271 g/mol. The maximum absolute atomic E-state index is 13.1. The molecule has 0 saturated carbocycles. The number of amides is 1. The largest absolute Gasteiger partial charge is 0.344 e. The first kappa shape index (κ1) is 14.0. The van der Waals surface area contributed by atoms with E-state index < -0.39 is 21.9 Å². The van der Waals surface area contributed by atoms with Crippen LogP contribution in [0, 0.1) is 12.7 Å². The Morgan fingerprint density at radius 1 is 1.42 bits per heavy atom. The van der Waals surface area contributed by atoms with Crippen molar-refractivity contribution in [1.82, 2.24) is 9.62 Å². The molecule has 1 aliphatic heterocycles. The van der Waals surface area contributed by atoms with Gasteiger partial charge >= 0.3 is 0 Å². The number of carbonyl (C=O) groups is 1. The topological polar surface area (TPSA) is 66.5 Å². The quantitative estimate of drug-likeness (QED) is 0.887. The lowest BCUT2D eigenvalue weighted by Crippen LogP contribution is -2.36. The van der Waals surface area contributed by atoms with Crippen LogP contribution in [0.3, 0.4) is 0 Å². The van der Waals surface area contributed by atoms with Gasteiger partial charge in [0.05, 0.1) is 4.90 Å². The lowest BCUT2D eigenvalue weighted by Gasteiger charge is -2.13. The molecule has 104 valence electrons. The molecule has 19 heavy (non-hydrogen) atoms. The summed E-state index contributed by atoms with van der Waals surface area (Å²) in [5.74, 6) is -0.544. The molecule has 1 aromatic carbocycles. The van der Waals surface area contributed by atoms with Crippen molar-refractivity contribution >= 4 is 15.9 Å². The van der Waals surface area contributed by atoms with E-state index >= 15 is 0 Å². The van der Waals surface area contributed by atoms with Crippen LogP contribution in [0.4, 0.5) is 4.39 Å². The zero-order valence-corrected chi connectivity index (χ0v) is 11.5. The number of likely N-dealkylation sites (N-methyl/N-ethyl adjacent to an activating group) is 1. The molecule has 7 heteroatoms. The van der Waals surface area contributed by atoms with Crippen LogP contribution in [0.5, 0.6) is 0 Å². The number of rotatable bonds is 3. The van der Waals surface area contributed by atoms with Gasteiger partial charge < -0.3 is 4.90 Å². The van der Waals surface area contributed by atoms with Gasteiger partial charge in [0, 0.05) is 26.1 Å². The Morgan fingerprint density at radius 3 is 2.63 bits per heavy atom. The van der Waals surface area contributed by atoms with Crippen molar-refractivity contribution in [2.45, 2.75) is 24.3 Å². The molecule has 0 bridgehead atoms. The van der Waals surface area contributed by atoms with Crippen molar-refractivity contribution in [1.29, 1.82) is 0 Å². The standard InChI is InChI=1S/C12H15FN2O3S/c1-8-5-10(3-4-11(8)13)19(17,18)14-9-6-12(16)15(2)7-9/h3-5,9,14H,6-7H2,1-2H3. The first-order valence-corrected chi connectivity index (χ1v) is 7.30. The normalized spacial score (nSPS) is 20.1. The second kappa shape index (κ2) is 4.90. The van der Waals surface area contributed by atoms with Crippen LogP contribution < -0.4 is 4.72 Å². The summed E-state index contributed by atoms with van der Waals surface area (Å²) >= 11 is 0. The summed E-state index contributed by atoms with van der Waals surface area (Å²) in [5, 5.41) is 0. The lowest BCUT2D eigenvalue weighted by molar-refractivity contribution is -0.126. The van der Waals surface area contributed by atoms with Crippen LogP contribution in [0.1, 0.15) is 12.0 Å². The molecule has 5 nitrogen and oxygen atoms in total. The molecule has 0 aromatic heterocycles. The van der Waals surface area contributed by atoms with E-state index in [-0.39, 0.29) is 22.8 Å². The lowest BCUT2D eigenvalue weighted by atomic mass is 10.2. The molecule has 1 heterocycles. The highest BCUT2D eigenvalue weighted by Gasteiger charge is 2.30.